The van der Waals surface area contributed by atoms with E-state index >= 15 is 0 Å². The highest BCUT2D eigenvalue weighted by Crippen LogP contribution is 2.27. The summed E-state index contributed by atoms with van der Waals surface area (Å²) in [4.78, 5) is 12.8. The maximum Gasteiger partial charge on any atom is 0.253 e. The molecule has 3 aromatic carbocycles. The average molecular weight is 408 g/mol. The Bertz CT molecular complexity index is 1150. The van der Waals surface area contributed by atoms with Gasteiger partial charge in [0.15, 0.2) is 0 Å². The SMILES string of the molecule is O=C(N[C@@H](c1nnc(-c2ccccc2)o1)c1ccccc1F)c1ccccc1Cl. The number of carbonyl (C=O) groups is 1. The van der Waals surface area contributed by atoms with Crippen LogP contribution in [0.5, 0.6) is 0 Å². The molecule has 0 saturated carbocycles. The molecule has 1 heterocycles. The van der Waals surface area contributed by atoms with E-state index in [4.69, 9.17) is 16.0 Å². The third kappa shape index (κ3) is 4.02. The number of nitrogens with zero attached hydrogens (tertiary/aromatic N) is 2. The first kappa shape index (κ1) is 18.8. The van der Waals surface area contributed by atoms with Crippen LogP contribution in [0.2, 0.25) is 5.02 Å². The van der Waals surface area contributed by atoms with Crippen molar-refractivity contribution in [1.29, 1.82) is 0 Å². The van der Waals surface area contributed by atoms with Crippen molar-refractivity contribution in [2.45, 2.75) is 6.04 Å². The molecule has 1 N–H and O–H groups in total. The van der Waals surface area contributed by atoms with Crippen LogP contribution in [0.25, 0.3) is 11.5 Å². The fourth-order valence-electron chi connectivity index (χ4n) is 2.88. The summed E-state index contributed by atoms with van der Waals surface area (Å²) in [6.45, 7) is 0. The lowest BCUT2D eigenvalue weighted by molar-refractivity contribution is 0.0937. The first-order valence-corrected chi connectivity index (χ1v) is 9.20. The van der Waals surface area contributed by atoms with Gasteiger partial charge < -0.3 is 9.73 Å². The Balaban J connectivity index is 1.72. The Hall–Kier alpha value is -3.51. The smallest absolute Gasteiger partial charge is 0.253 e. The van der Waals surface area contributed by atoms with Gasteiger partial charge in [-0.05, 0) is 30.3 Å². The summed E-state index contributed by atoms with van der Waals surface area (Å²) in [6.07, 6.45) is 0. The second-order valence-corrected chi connectivity index (χ2v) is 6.63. The molecule has 5 nitrogen and oxygen atoms in total. The van der Waals surface area contributed by atoms with Gasteiger partial charge in [0, 0.05) is 11.1 Å². The first-order valence-electron chi connectivity index (χ1n) is 8.82. The van der Waals surface area contributed by atoms with Crippen molar-refractivity contribution >= 4 is 17.5 Å². The van der Waals surface area contributed by atoms with E-state index in [-0.39, 0.29) is 27.9 Å². The van der Waals surface area contributed by atoms with Crippen molar-refractivity contribution in [2.24, 2.45) is 0 Å². The van der Waals surface area contributed by atoms with Crippen LogP contribution in [0.3, 0.4) is 0 Å². The molecule has 1 atom stereocenters. The number of hydrogen-bond donors (Lipinski definition) is 1. The Morgan fingerprint density at radius 1 is 0.931 bits per heavy atom. The minimum absolute atomic E-state index is 0.0642. The highest BCUT2D eigenvalue weighted by atomic mass is 35.5. The van der Waals surface area contributed by atoms with Crippen LogP contribution in [-0.4, -0.2) is 16.1 Å². The Morgan fingerprint density at radius 2 is 1.62 bits per heavy atom. The molecule has 4 aromatic rings. The molecule has 4 rings (SSSR count). The summed E-state index contributed by atoms with van der Waals surface area (Å²) in [5.41, 5.74) is 1.19. The second-order valence-electron chi connectivity index (χ2n) is 6.22. The van der Waals surface area contributed by atoms with E-state index in [1.54, 1.807) is 42.5 Å². The van der Waals surface area contributed by atoms with Crippen molar-refractivity contribution in [3.8, 4) is 11.5 Å². The molecule has 29 heavy (non-hydrogen) atoms. The molecule has 1 amide bonds. The van der Waals surface area contributed by atoms with E-state index in [2.05, 4.69) is 15.5 Å². The minimum atomic E-state index is -0.982. The summed E-state index contributed by atoms with van der Waals surface area (Å²) in [5.74, 6) is -0.650. The third-order valence-corrected chi connectivity index (χ3v) is 4.65. The van der Waals surface area contributed by atoms with Gasteiger partial charge in [-0.3, -0.25) is 4.79 Å². The van der Waals surface area contributed by atoms with E-state index in [9.17, 15) is 9.18 Å². The van der Waals surface area contributed by atoms with Gasteiger partial charge in [-0.25, -0.2) is 4.39 Å². The summed E-state index contributed by atoms with van der Waals surface area (Å²) in [7, 11) is 0. The number of amides is 1. The minimum Gasteiger partial charge on any atom is -0.418 e. The molecule has 0 spiro atoms. The standard InChI is InChI=1S/C22H15ClFN3O2/c23-17-12-6-4-10-15(17)20(28)25-19(16-11-5-7-13-18(16)24)22-27-26-21(29-22)14-8-2-1-3-9-14/h1-13,19H,(H,25,28)/t19-/m1/s1. The fourth-order valence-corrected chi connectivity index (χ4v) is 3.11. The Kier molecular flexibility index (Phi) is 5.35. The van der Waals surface area contributed by atoms with Crippen molar-refractivity contribution in [2.75, 3.05) is 0 Å². The van der Waals surface area contributed by atoms with Crippen LogP contribution in [0.4, 0.5) is 4.39 Å². The lowest BCUT2D eigenvalue weighted by Gasteiger charge is -2.17. The molecular weight excluding hydrogens is 393 g/mol. The number of hydrogen-bond acceptors (Lipinski definition) is 4. The largest absolute Gasteiger partial charge is 0.418 e. The molecule has 0 unspecified atom stereocenters. The van der Waals surface area contributed by atoms with Gasteiger partial charge in [-0.2, -0.15) is 0 Å². The van der Waals surface area contributed by atoms with Crippen LogP contribution in [0.15, 0.2) is 83.3 Å². The molecule has 144 valence electrons. The molecule has 0 bridgehead atoms. The summed E-state index contributed by atoms with van der Waals surface area (Å²) >= 11 is 6.12. The van der Waals surface area contributed by atoms with E-state index in [1.807, 2.05) is 30.3 Å². The van der Waals surface area contributed by atoms with E-state index < -0.39 is 17.8 Å². The number of nitrogens with one attached hydrogen (secondary N) is 1. The highest BCUT2D eigenvalue weighted by molar-refractivity contribution is 6.33. The van der Waals surface area contributed by atoms with Crippen LogP contribution >= 0.6 is 11.6 Å². The zero-order valence-corrected chi connectivity index (χ0v) is 15.8. The van der Waals surface area contributed by atoms with E-state index in [1.165, 1.54) is 6.07 Å². The number of aromatic nitrogens is 2. The van der Waals surface area contributed by atoms with Crippen LogP contribution < -0.4 is 5.32 Å². The first-order chi connectivity index (χ1) is 14.1. The summed E-state index contributed by atoms with van der Waals surface area (Å²) in [6, 6.07) is 20.9. The van der Waals surface area contributed by atoms with Gasteiger partial charge >= 0.3 is 0 Å². The van der Waals surface area contributed by atoms with Crippen molar-refractivity contribution in [1.82, 2.24) is 15.5 Å². The van der Waals surface area contributed by atoms with Gasteiger partial charge in [0.1, 0.15) is 11.9 Å². The van der Waals surface area contributed by atoms with Crippen molar-refractivity contribution in [3.63, 3.8) is 0 Å². The molecule has 0 aliphatic carbocycles. The molecule has 0 saturated heterocycles. The number of rotatable bonds is 5. The Labute approximate surface area is 171 Å². The number of halogens is 2. The van der Waals surface area contributed by atoms with Gasteiger partial charge in [0.05, 0.1) is 10.6 Å². The van der Waals surface area contributed by atoms with Crippen molar-refractivity contribution < 1.29 is 13.6 Å². The maximum absolute atomic E-state index is 14.5. The van der Waals surface area contributed by atoms with Crippen molar-refractivity contribution in [3.05, 3.63) is 107 Å². The topological polar surface area (TPSA) is 68.0 Å². The molecule has 7 heteroatoms. The molecule has 0 aliphatic rings. The summed E-state index contributed by atoms with van der Waals surface area (Å²) in [5, 5.41) is 11.1. The van der Waals surface area contributed by atoms with Gasteiger partial charge in [0.25, 0.3) is 5.91 Å². The number of benzene rings is 3. The summed E-state index contributed by atoms with van der Waals surface area (Å²) < 4.78 is 20.3. The third-order valence-electron chi connectivity index (χ3n) is 4.32. The average Bonchev–Trinajstić information content (AvgIpc) is 3.23. The monoisotopic (exact) mass is 407 g/mol. The van der Waals surface area contributed by atoms with Crippen LogP contribution in [-0.2, 0) is 0 Å². The second kappa shape index (κ2) is 8.24. The van der Waals surface area contributed by atoms with E-state index in [0.717, 1.165) is 5.56 Å². The zero-order valence-electron chi connectivity index (χ0n) is 15.0. The van der Waals surface area contributed by atoms with E-state index in [0.29, 0.717) is 0 Å². The van der Waals surface area contributed by atoms with Gasteiger partial charge in [-0.1, -0.05) is 60.1 Å². The maximum atomic E-state index is 14.5. The number of carbonyl (C=O) groups excluding carboxylic acids is 1. The quantitative estimate of drug-likeness (QED) is 0.502. The Morgan fingerprint density at radius 3 is 2.38 bits per heavy atom. The van der Waals surface area contributed by atoms with Crippen LogP contribution in [0.1, 0.15) is 27.9 Å². The lowest BCUT2D eigenvalue weighted by Crippen LogP contribution is -2.30. The molecular formula is C22H15ClFN3O2. The lowest BCUT2D eigenvalue weighted by atomic mass is 10.1. The van der Waals surface area contributed by atoms with Gasteiger partial charge in [-0.15, -0.1) is 10.2 Å². The molecule has 0 radical (unpaired) electrons. The predicted octanol–water partition coefficient (Wildman–Crippen LogP) is 5.05. The normalized spacial score (nSPS) is 11.8. The molecule has 0 aliphatic heterocycles. The fraction of sp³-hybridized carbons (Fsp3) is 0.0455. The zero-order chi connectivity index (χ0) is 20.2. The highest BCUT2D eigenvalue weighted by Gasteiger charge is 2.27. The molecule has 1 aromatic heterocycles. The predicted molar refractivity (Wildman–Crippen MR) is 107 cm³/mol. The molecule has 0 fully saturated rings. The van der Waals surface area contributed by atoms with Crippen LogP contribution in [0, 0.1) is 5.82 Å². The van der Waals surface area contributed by atoms with Gasteiger partial charge in [0.2, 0.25) is 11.8 Å².